The summed E-state index contributed by atoms with van der Waals surface area (Å²) >= 11 is 0. The average Bonchev–Trinajstić information content (AvgIpc) is 3.07. The summed E-state index contributed by atoms with van der Waals surface area (Å²) in [7, 11) is 1.56. The fraction of sp³-hybridized carbons (Fsp3) is 0.211. The van der Waals surface area contributed by atoms with E-state index in [0.29, 0.717) is 40.7 Å². The number of hydrogen-bond acceptors (Lipinski definition) is 5. The molecule has 0 spiro atoms. The van der Waals surface area contributed by atoms with Crippen molar-refractivity contribution < 1.29 is 28.8 Å². The van der Waals surface area contributed by atoms with E-state index in [4.69, 9.17) is 18.9 Å². The van der Waals surface area contributed by atoms with Crippen LogP contribution in [0.2, 0.25) is 0 Å². The van der Waals surface area contributed by atoms with Crippen LogP contribution in [0.5, 0.6) is 23.0 Å². The van der Waals surface area contributed by atoms with Crippen LogP contribution in [0.4, 0.5) is 0 Å². The molecule has 0 saturated carbocycles. The SMILES string of the molecule is CCOc1cc(/C=C(\C(=O)O)c2ccc3c(c2)OCO3)ccc1OC. The highest BCUT2D eigenvalue weighted by Crippen LogP contribution is 2.35. The van der Waals surface area contributed by atoms with E-state index in [0.717, 1.165) is 0 Å². The van der Waals surface area contributed by atoms with Crippen molar-refractivity contribution in [3.05, 3.63) is 47.5 Å². The summed E-state index contributed by atoms with van der Waals surface area (Å²) in [6.07, 6.45) is 1.59. The second-order valence-corrected chi connectivity index (χ2v) is 5.27. The van der Waals surface area contributed by atoms with Crippen LogP contribution in [0.15, 0.2) is 36.4 Å². The summed E-state index contributed by atoms with van der Waals surface area (Å²) in [4.78, 5) is 11.7. The van der Waals surface area contributed by atoms with Crippen LogP contribution in [-0.4, -0.2) is 31.6 Å². The van der Waals surface area contributed by atoms with Crippen LogP contribution in [0.1, 0.15) is 18.1 Å². The van der Waals surface area contributed by atoms with Gasteiger partial charge < -0.3 is 24.1 Å². The lowest BCUT2D eigenvalue weighted by molar-refractivity contribution is -0.130. The van der Waals surface area contributed by atoms with E-state index in [1.807, 2.05) is 6.92 Å². The van der Waals surface area contributed by atoms with Crippen molar-refractivity contribution >= 4 is 17.6 Å². The van der Waals surface area contributed by atoms with Crippen molar-refractivity contribution in [2.45, 2.75) is 6.92 Å². The van der Waals surface area contributed by atoms with Gasteiger partial charge in [0.25, 0.3) is 0 Å². The van der Waals surface area contributed by atoms with Crippen LogP contribution in [0.3, 0.4) is 0 Å². The Balaban J connectivity index is 2.01. The van der Waals surface area contributed by atoms with Gasteiger partial charge in [-0.1, -0.05) is 12.1 Å². The number of carboxylic acid groups (broad SMARTS) is 1. The summed E-state index contributed by atoms with van der Waals surface area (Å²) in [6, 6.07) is 10.3. The van der Waals surface area contributed by atoms with Gasteiger partial charge >= 0.3 is 5.97 Å². The van der Waals surface area contributed by atoms with Gasteiger partial charge in [0, 0.05) is 0 Å². The molecule has 3 rings (SSSR count). The predicted molar refractivity (Wildman–Crippen MR) is 92.2 cm³/mol. The molecule has 0 aliphatic carbocycles. The molecule has 2 aromatic carbocycles. The number of aliphatic carboxylic acids is 1. The zero-order chi connectivity index (χ0) is 17.8. The second-order valence-electron chi connectivity index (χ2n) is 5.27. The van der Waals surface area contributed by atoms with E-state index >= 15 is 0 Å². The molecule has 0 radical (unpaired) electrons. The quantitative estimate of drug-likeness (QED) is 0.640. The summed E-state index contributed by atoms with van der Waals surface area (Å²) in [5.41, 5.74) is 1.37. The van der Waals surface area contributed by atoms with Crippen molar-refractivity contribution in [2.75, 3.05) is 20.5 Å². The maximum atomic E-state index is 11.7. The molecule has 0 bridgehead atoms. The van der Waals surface area contributed by atoms with E-state index in [1.54, 1.807) is 49.6 Å². The van der Waals surface area contributed by atoms with E-state index < -0.39 is 5.97 Å². The van der Waals surface area contributed by atoms with Gasteiger partial charge in [0.15, 0.2) is 23.0 Å². The second kappa shape index (κ2) is 7.17. The third-order valence-electron chi connectivity index (χ3n) is 3.71. The summed E-state index contributed by atoms with van der Waals surface area (Å²) in [6.45, 7) is 2.50. The summed E-state index contributed by atoms with van der Waals surface area (Å²) < 4.78 is 21.4. The van der Waals surface area contributed by atoms with Gasteiger partial charge in [-0.25, -0.2) is 4.79 Å². The number of benzene rings is 2. The predicted octanol–water partition coefficient (Wildman–Crippen LogP) is 3.45. The molecule has 6 nitrogen and oxygen atoms in total. The van der Waals surface area contributed by atoms with Crippen molar-refractivity contribution in [3.8, 4) is 23.0 Å². The highest BCUT2D eigenvalue weighted by Gasteiger charge is 2.18. The maximum Gasteiger partial charge on any atom is 0.336 e. The minimum atomic E-state index is -1.03. The molecular weight excluding hydrogens is 324 g/mol. The molecule has 130 valence electrons. The Hall–Kier alpha value is -3.15. The van der Waals surface area contributed by atoms with Gasteiger partial charge in [-0.2, -0.15) is 0 Å². The topological polar surface area (TPSA) is 74.2 Å². The monoisotopic (exact) mass is 342 g/mol. The van der Waals surface area contributed by atoms with Gasteiger partial charge in [-0.15, -0.1) is 0 Å². The third kappa shape index (κ3) is 3.52. The molecule has 0 fully saturated rings. The van der Waals surface area contributed by atoms with E-state index in [-0.39, 0.29) is 12.4 Å². The Kier molecular flexibility index (Phi) is 4.79. The Morgan fingerprint density at radius 1 is 1.16 bits per heavy atom. The molecule has 0 saturated heterocycles. The molecule has 1 heterocycles. The molecule has 1 aliphatic rings. The Bertz CT molecular complexity index is 825. The minimum Gasteiger partial charge on any atom is -0.493 e. The van der Waals surface area contributed by atoms with Crippen molar-refractivity contribution in [1.82, 2.24) is 0 Å². The fourth-order valence-electron chi connectivity index (χ4n) is 2.55. The van der Waals surface area contributed by atoms with Gasteiger partial charge in [-0.05, 0) is 48.4 Å². The molecule has 6 heteroatoms. The highest BCUT2D eigenvalue weighted by molar-refractivity contribution is 6.20. The largest absolute Gasteiger partial charge is 0.493 e. The Labute approximate surface area is 145 Å². The van der Waals surface area contributed by atoms with E-state index in [2.05, 4.69) is 0 Å². The smallest absolute Gasteiger partial charge is 0.336 e. The standard InChI is InChI=1S/C19H18O6/c1-3-23-17-9-12(4-6-15(17)22-2)8-14(19(20)21)13-5-7-16-18(10-13)25-11-24-16/h4-10H,3,11H2,1-2H3,(H,20,21)/b14-8-. The normalized spacial score (nSPS) is 12.8. The number of rotatable bonds is 6. The first kappa shape index (κ1) is 16.7. The first-order valence-electron chi connectivity index (χ1n) is 7.78. The van der Waals surface area contributed by atoms with Crippen LogP contribution in [0, 0.1) is 0 Å². The molecule has 1 N–H and O–H groups in total. The van der Waals surface area contributed by atoms with Crippen LogP contribution >= 0.6 is 0 Å². The van der Waals surface area contributed by atoms with Gasteiger partial charge in [-0.3, -0.25) is 0 Å². The van der Waals surface area contributed by atoms with Crippen LogP contribution in [-0.2, 0) is 4.79 Å². The summed E-state index contributed by atoms with van der Waals surface area (Å²) in [5, 5.41) is 9.61. The molecule has 0 amide bonds. The third-order valence-corrected chi connectivity index (χ3v) is 3.71. The van der Waals surface area contributed by atoms with E-state index in [1.165, 1.54) is 0 Å². The molecule has 1 aliphatic heterocycles. The van der Waals surface area contributed by atoms with Crippen molar-refractivity contribution in [3.63, 3.8) is 0 Å². The Morgan fingerprint density at radius 2 is 1.96 bits per heavy atom. The molecule has 0 unspecified atom stereocenters. The lowest BCUT2D eigenvalue weighted by Gasteiger charge is -2.10. The lowest BCUT2D eigenvalue weighted by atomic mass is 10.0. The number of ether oxygens (including phenoxy) is 4. The van der Waals surface area contributed by atoms with Gasteiger partial charge in [0.1, 0.15) is 0 Å². The lowest BCUT2D eigenvalue weighted by Crippen LogP contribution is -2.00. The number of carbonyl (C=O) groups is 1. The highest BCUT2D eigenvalue weighted by atomic mass is 16.7. The summed E-state index contributed by atoms with van der Waals surface area (Å²) in [5.74, 6) is 1.27. The average molecular weight is 342 g/mol. The molecule has 0 atom stereocenters. The van der Waals surface area contributed by atoms with Crippen LogP contribution in [0.25, 0.3) is 11.6 Å². The molecular formula is C19H18O6. The number of hydrogen-bond donors (Lipinski definition) is 1. The number of carboxylic acids is 1. The maximum absolute atomic E-state index is 11.7. The molecule has 25 heavy (non-hydrogen) atoms. The zero-order valence-corrected chi connectivity index (χ0v) is 13.9. The fourth-order valence-corrected chi connectivity index (χ4v) is 2.55. The zero-order valence-electron chi connectivity index (χ0n) is 13.9. The van der Waals surface area contributed by atoms with E-state index in [9.17, 15) is 9.90 Å². The van der Waals surface area contributed by atoms with Crippen molar-refractivity contribution in [2.24, 2.45) is 0 Å². The molecule has 0 aromatic heterocycles. The Morgan fingerprint density at radius 3 is 2.68 bits per heavy atom. The number of methoxy groups -OCH3 is 1. The van der Waals surface area contributed by atoms with Crippen LogP contribution < -0.4 is 18.9 Å². The minimum absolute atomic E-state index is 0.140. The van der Waals surface area contributed by atoms with Crippen molar-refractivity contribution in [1.29, 1.82) is 0 Å². The van der Waals surface area contributed by atoms with Gasteiger partial charge in [0.05, 0.1) is 19.3 Å². The molecule has 2 aromatic rings. The van der Waals surface area contributed by atoms with Gasteiger partial charge in [0.2, 0.25) is 6.79 Å². The first-order valence-corrected chi connectivity index (χ1v) is 7.78. The number of fused-ring (bicyclic) bond motifs is 1. The first-order chi connectivity index (χ1) is 12.1.